The van der Waals surface area contributed by atoms with Gasteiger partial charge in [-0.2, -0.15) is 4.52 Å². The summed E-state index contributed by atoms with van der Waals surface area (Å²) in [5, 5.41) is 15.2. The Hall–Kier alpha value is -5.10. The van der Waals surface area contributed by atoms with Gasteiger partial charge in [-0.1, -0.05) is 41.9 Å². The zero-order valence-electron chi connectivity index (χ0n) is 23.1. The van der Waals surface area contributed by atoms with Crippen LogP contribution in [-0.2, 0) is 18.2 Å². The van der Waals surface area contributed by atoms with E-state index in [0.717, 1.165) is 0 Å². The number of carboxylic acid groups (broad SMARTS) is 1. The molecule has 0 bridgehead atoms. The number of hydrogen-bond donors (Lipinski definition) is 1. The van der Waals surface area contributed by atoms with Crippen LogP contribution in [0.1, 0.15) is 32.3 Å². The first-order valence-electron chi connectivity index (χ1n) is 12.8. The topological polar surface area (TPSA) is 145 Å². The van der Waals surface area contributed by atoms with E-state index in [1.807, 2.05) is 6.07 Å². The Kier molecular flexibility index (Phi) is 7.48. The standard InChI is InChI=1S/C29H26ClN7O5/c1-29(2,3)42-28(41)36(27(39)40)26-33-24(17-9-6-5-7-10-17)23(18-12-13-22(38)35(4)16-18)25-32-21(34-37(25)26)15-20-19(30)11-8-14-31-20/h5-14,16H,15H2,1-4H3,(H,39,40). The van der Waals surface area contributed by atoms with Crippen LogP contribution in [-0.4, -0.2) is 52.0 Å². The van der Waals surface area contributed by atoms with Crippen molar-refractivity contribution < 1.29 is 19.4 Å². The summed E-state index contributed by atoms with van der Waals surface area (Å²) in [6.45, 7) is 4.86. The molecule has 13 heteroatoms. The number of aryl methyl sites for hydroxylation is 1. The highest BCUT2D eigenvalue weighted by Crippen LogP contribution is 2.36. The largest absolute Gasteiger partial charge is 0.464 e. The molecule has 12 nitrogen and oxygen atoms in total. The summed E-state index contributed by atoms with van der Waals surface area (Å²) in [7, 11) is 1.61. The van der Waals surface area contributed by atoms with Crippen molar-refractivity contribution in [1.29, 1.82) is 0 Å². The average Bonchev–Trinajstić information content (AvgIpc) is 3.34. The second-order valence-corrected chi connectivity index (χ2v) is 10.7. The number of imide groups is 1. The lowest BCUT2D eigenvalue weighted by atomic mass is 10.0. The molecule has 0 aliphatic heterocycles. The first-order valence-corrected chi connectivity index (χ1v) is 13.2. The molecule has 0 fully saturated rings. The van der Waals surface area contributed by atoms with E-state index in [4.69, 9.17) is 21.3 Å². The van der Waals surface area contributed by atoms with Gasteiger partial charge in [0, 0.05) is 36.6 Å². The monoisotopic (exact) mass is 587 g/mol. The summed E-state index contributed by atoms with van der Waals surface area (Å²) in [6, 6.07) is 15.4. The van der Waals surface area contributed by atoms with Crippen molar-refractivity contribution in [3.63, 3.8) is 0 Å². The highest BCUT2D eigenvalue weighted by atomic mass is 35.5. The number of amides is 2. The number of benzene rings is 1. The minimum atomic E-state index is -1.63. The van der Waals surface area contributed by atoms with Gasteiger partial charge < -0.3 is 14.4 Å². The quantitative estimate of drug-likeness (QED) is 0.292. The summed E-state index contributed by atoms with van der Waals surface area (Å²) < 4.78 is 8.00. The smallest absolute Gasteiger partial charge is 0.427 e. The first kappa shape index (κ1) is 28.4. The molecule has 0 saturated carbocycles. The Bertz CT molecular complexity index is 1880. The molecule has 0 unspecified atom stereocenters. The van der Waals surface area contributed by atoms with Crippen molar-refractivity contribution in [2.45, 2.75) is 32.8 Å². The van der Waals surface area contributed by atoms with E-state index in [1.54, 1.807) is 82.7 Å². The summed E-state index contributed by atoms with van der Waals surface area (Å²) in [5.74, 6) is -0.116. The van der Waals surface area contributed by atoms with Crippen LogP contribution in [0.5, 0.6) is 0 Å². The average molecular weight is 588 g/mol. The Balaban J connectivity index is 1.86. The van der Waals surface area contributed by atoms with Crippen LogP contribution in [0.4, 0.5) is 15.5 Å². The molecule has 5 aromatic rings. The Morgan fingerprint density at radius 3 is 2.40 bits per heavy atom. The van der Waals surface area contributed by atoms with Crippen molar-refractivity contribution in [1.82, 2.24) is 29.1 Å². The third-order valence-electron chi connectivity index (χ3n) is 6.06. The molecular formula is C29H26ClN7O5. The molecule has 0 spiro atoms. The lowest BCUT2D eigenvalue weighted by Crippen LogP contribution is -2.42. The first-order chi connectivity index (χ1) is 19.9. The number of hydrogen-bond acceptors (Lipinski definition) is 8. The summed E-state index contributed by atoms with van der Waals surface area (Å²) in [6.07, 6.45) is 0.521. The van der Waals surface area contributed by atoms with Crippen molar-refractivity contribution in [2.24, 2.45) is 7.05 Å². The molecule has 0 aliphatic rings. The van der Waals surface area contributed by atoms with Gasteiger partial charge in [0.05, 0.1) is 28.4 Å². The van der Waals surface area contributed by atoms with E-state index >= 15 is 0 Å². The summed E-state index contributed by atoms with van der Waals surface area (Å²) >= 11 is 6.35. The van der Waals surface area contributed by atoms with Crippen LogP contribution in [0.25, 0.3) is 28.0 Å². The number of anilines is 1. The maximum absolute atomic E-state index is 13.2. The van der Waals surface area contributed by atoms with Crippen LogP contribution in [0.15, 0.2) is 71.8 Å². The number of carbonyl (C=O) groups is 2. The summed E-state index contributed by atoms with van der Waals surface area (Å²) in [4.78, 5) is 52.2. The zero-order chi connectivity index (χ0) is 30.2. The highest BCUT2D eigenvalue weighted by molar-refractivity contribution is 6.31. The third-order valence-corrected chi connectivity index (χ3v) is 6.41. The van der Waals surface area contributed by atoms with E-state index < -0.39 is 17.8 Å². The molecule has 42 heavy (non-hydrogen) atoms. The molecule has 0 aliphatic carbocycles. The van der Waals surface area contributed by atoms with Gasteiger partial charge in [-0.15, -0.1) is 10.00 Å². The fourth-order valence-corrected chi connectivity index (χ4v) is 4.44. The van der Waals surface area contributed by atoms with Gasteiger partial charge >= 0.3 is 12.2 Å². The van der Waals surface area contributed by atoms with E-state index in [9.17, 15) is 19.5 Å². The van der Waals surface area contributed by atoms with Gasteiger partial charge in [0.15, 0.2) is 11.5 Å². The number of rotatable bonds is 5. The minimum Gasteiger partial charge on any atom is -0.464 e. The van der Waals surface area contributed by atoms with Crippen molar-refractivity contribution in [3.8, 4) is 22.4 Å². The Labute approximate surface area is 244 Å². The number of ether oxygens (including phenoxy) is 1. The van der Waals surface area contributed by atoms with E-state index in [2.05, 4.69) is 15.1 Å². The predicted molar refractivity (Wildman–Crippen MR) is 156 cm³/mol. The molecule has 0 saturated heterocycles. The van der Waals surface area contributed by atoms with E-state index in [0.29, 0.717) is 38.0 Å². The van der Waals surface area contributed by atoms with Gasteiger partial charge in [0.25, 0.3) is 0 Å². The highest BCUT2D eigenvalue weighted by Gasteiger charge is 2.34. The van der Waals surface area contributed by atoms with Gasteiger partial charge in [-0.25, -0.2) is 19.6 Å². The molecule has 1 aromatic carbocycles. The zero-order valence-corrected chi connectivity index (χ0v) is 23.9. The number of aromatic nitrogens is 6. The second-order valence-electron chi connectivity index (χ2n) is 10.3. The molecule has 2 amide bonds. The van der Waals surface area contributed by atoms with Crippen LogP contribution in [0.2, 0.25) is 5.02 Å². The van der Waals surface area contributed by atoms with Crippen molar-refractivity contribution in [3.05, 3.63) is 93.9 Å². The van der Waals surface area contributed by atoms with Gasteiger partial charge in [-0.3, -0.25) is 9.78 Å². The predicted octanol–water partition coefficient (Wildman–Crippen LogP) is 5.22. The maximum atomic E-state index is 13.2. The minimum absolute atomic E-state index is 0.105. The molecule has 214 valence electrons. The number of halogens is 1. The number of nitrogens with zero attached hydrogens (tertiary/aromatic N) is 7. The van der Waals surface area contributed by atoms with E-state index in [-0.39, 0.29) is 29.4 Å². The second kappa shape index (κ2) is 11.1. The number of fused-ring (bicyclic) bond motifs is 1. The lowest BCUT2D eigenvalue weighted by Gasteiger charge is -2.24. The number of pyridine rings is 2. The fourth-order valence-electron chi connectivity index (χ4n) is 4.25. The Morgan fingerprint density at radius 1 is 1.02 bits per heavy atom. The van der Waals surface area contributed by atoms with E-state index in [1.165, 1.54) is 15.1 Å². The third kappa shape index (κ3) is 5.70. The van der Waals surface area contributed by atoms with Crippen LogP contribution < -0.4 is 10.5 Å². The fraction of sp³-hybridized carbons (Fsp3) is 0.207. The lowest BCUT2D eigenvalue weighted by molar-refractivity contribution is 0.0579. The van der Waals surface area contributed by atoms with Crippen LogP contribution >= 0.6 is 11.6 Å². The van der Waals surface area contributed by atoms with Crippen molar-refractivity contribution >= 4 is 35.4 Å². The molecule has 0 atom stereocenters. The van der Waals surface area contributed by atoms with Gasteiger partial charge in [-0.05, 0) is 39.0 Å². The molecule has 5 rings (SSSR count). The molecule has 1 N–H and O–H groups in total. The van der Waals surface area contributed by atoms with Crippen LogP contribution in [0, 0.1) is 0 Å². The molecular weight excluding hydrogens is 562 g/mol. The number of carbonyl (C=O) groups excluding carboxylic acids is 1. The SMILES string of the molecule is Cn1cc(-c2c(-c3ccccc3)nc(N(C(=O)O)C(=O)OC(C)(C)C)n3nc(Cc4ncccc4Cl)nc23)ccc1=O. The molecule has 0 radical (unpaired) electrons. The van der Waals surface area contributed by atoms with Gasteiger partial charge in [0.1, 0.15) is 5.60 Å². The Morgan fingerprint density at radius 2 is 1.76 bits per heavy atom. The van der Waals surface area contributed by atoms with Crippen molar-refractivity contribution in [2.75, 3.05) is 4.90 Å². The normalized spacial score (nSPS) is 11.5. The maximum Gasteiger partial charge on any atom is 0.427 e. The van der Waals surface area contributed by atoms with Gasteiger partial charge in [0.2, 0.25) is 11.5 Å². The molecule has 4 aromatic heterocycles. The molecule has 4 heterocycles. The van der Waals surface area contributed by atoms with Crippen LogP contribution in [0.3, 0.4) is 0 Å². The summed E-state index contributed by atoms with van der Waals surface area (Å²) in [5.41, 5.74) is 1.40.